The molecule has 1 unspecified atom stereocenters. The number of benzene rings is 2. The fraction of sp³-hybridized carbons (Fsp3) is 0.350. The maximum absolute atomic E-state index is 12.3. The summed E-state index contributed by atoms with van der Waals surface area (Å²) in [5, 5.41) is 6.19. The van der Waals surface area contributed by atoms with Crippen LogP contribution in [0.2, 0.25) is 0 Å². The first-order chi connectivity index (χ1) is 12.6. The van der Waals surface area contributed by atoms with Crippen LogP contribution in [0.25, 0.3) is 0 Å². The van der Waals surface area contributed by atoms with Crippen molar-refractivity contribution in [3.8, 4) is 5.75 Å². The molecule has 138 valence electrons. The summed E-state index contributed by atoms with van der Waals surface area (Å²) in [6.45, 7) is -0.575. The first kappa shape index (κ1) is 18.3. The minimum atomic E-state index is -2.86. The van der Waals surface area contributed by atoms with E-state index in [2.05, 4.69) is 15.4 Å². The van der Waals surface area contributed by atoms with Gasteiger partial charge in [0.25, 0.3) is 5.91 Å². The first-order valence-electron chi connectivity index (χ1n) is 8.74. The summed E-state index contributed by atoms with van der Waals surface area (Å²) in [6, 6.07) is 14.0. The van der Waals surface area contributed by atoms with Gasteiger partial charge in [0.15, 0.2) is 0 Å². The summed E-state index contributed by atoms with van der Waals surface area (Å²) in [6.07, 6.45) is 2.33. The van der Waals surface area contributed by atoms with Crippen LogP contribution in [0.15, 0.2) is 48.5 Å². The third-order valence-electron chi connectivity index (χ3n) is 4.52. The van der Waals surface area contributed by atoms with E-state index in [0.29, 0.717) is 17.0 Å². The standard InChI is InChI=1S/C20H22F2N2O2/c21-20(22)26-18-5-1-3-14(11-18)12-24-19(25)16-8-6-15(7-9-16)17-4-2-10-23-13-17/h1,3,5-9,11,17,20,23H,2,4,10,12-13H2,(H,24,25). The van der Waals surface area contributed by atoms with E-state index in [-0.39, 0.29) is 18.2 Å². The molecule has 2 N–H and O–H groups in total. The van der Waals surface area contributed by atoms with Crippen molar-refractivity contribution in [2.24, 2.45) is 0 Å². The summed E-state index contributed by atoms with van der Waals surface area (Å²) >= 11 is 0. The van der Waals surface area contributed by atoms with Gasteiger partial charge >= 0.3 is 6.61 Å². The summed E-state index contributed by atoms with van der Waals surface area (Å²) in [4.78, 5) is 12.3. The van der Waals surface area contributed by atoms with Crippen molar-refractivity contribution >= 4 is 5.91 Å². The van der Waals surface area contributed by atoms with Gasteiger partial charge in [-0.05, 0) is 60.7 Å². The summed E-state index contributed by atoms with van der Waals surface area (Å²) in [7, 11) is 0. The molecule has 0 bridgehead atoms. The predicted octanol–water partition coefficient (Wildman–Crippen LogP) is 3.69. The van der Waals surface area contributed by atoms with E-state index in [9.17, 15) is 13.6 Å². The van der Waals surface area contributed by atoms with Crippen molar-refractivity contribution in [1.82, 2.24) is 10.6 Å². The quantitative estimate of drug-likeness (QED) is 0.826. The Morgan fingerprint density at radius 3 is 2.73 bits per heavy atom. The lowest BCUT2D eigenvalue weighted by Gasteiger charge is -2.23. The molecule has 1 amide bonds. The fourth-order valence-corrected chi connectivity index (χ4v) is 3.16. The number of amides is 1. The zero-order valence-electron chi connectivity index (χ0n) is 14.4. The van der Waals surface area contributed by atoms with Crippen molar-refractivity contribution < 1.29 is 18.3 Å². The van der Waals surface area contributed by atoms with Gasteiger partial charge in [-0.3, -0.25) is 4.79 Å². The molecular formula is C20H22F2N2O2. The molecule has 2 aromatic carbocycles. The highest BCUT2D eigenvalue weighted by Gasteiger charge is 2.15. The monoisotopic (exact) mass is 360 g/mol. The second-order valence-corrected chi connectivity index (χ2v) is 6.37. The van der Waals surface area contributed by atoms with Crippen molar-refractivity contribution in [3.05, 3.63) is 65.2 Å². The third-order valence-corrected chi connectivity index (χ3v) is 4.52. The number of nitrogens with one attached hydrogen (secondary N) is 2. The number of piperidine rings is 1. The van der Waals surface area contributed by atoms with Crippen molar-refractivity contribution in [2.75, 3.05) is 13.1 Å². The maximum atomic E-state index is 12.3. The SMILES string of the molecule is O=C(NCc1cccc(OC(F)F)c1)c1ccc(C2CCCNC2)cc1. The number of hydrogen-bond acceptors (Lipinski definition) is 3. The molecule has 6 heteroatoms. The Balaban J connectivity index is 1.56. The Kier molecular flexibility index (Phi) is 6.17. The van der Waals surface area contributed by atoms with Crippen LogP contribution in [-0.2, 0) is 6.54 Å². The van der Waals surface area contributed by atoms with Gasteiger partial charge in [-0.15, -0.1) is 0 Å². The number of ether oxygens (including phenoxy) is 1. The Morgan fingerprint density at radius 2 is 2.04 bits per heavy atom. The molecule has 0 saturated carbocycles. The Morgan fingerprint density at radius 1 is 1.23 bits per heavy atom. The lowest BCUT2D eigenvalue weighted by molar-refractivity contribution is -0.0498. The van der Waals surface area contributed by atoms with E-state index >= 15 is 0 Å². The molecule has 0 spiro atoms. The number of carbonyl (C=O) groups excluding carboxylic acids is 1. The minimum absolute atomic E-state index is 0.0807. The van der Waals surface area contributed by atoms with E-state index in [1.165, 1.54) is 24.1 Å². The smallest absolute Gasteiger partial charge is 0.387 e. The molecular weight excluding hydrogens is 338 g/mol. The van der Waals surface area contributed by atoms with Crippen molar-refractivity contribution in [3.63, 3.8) is 0 Å². The van der Waals surface area contributed by atoms with Gasteiger partial charge in [-0.25, -0.2) is 0 Å². The molecule has 1 saturated heterocycles. The zero-order chi connectivity index (χ0) is 18.4. The van der Waals surface area contributed by atoms with Gasteiger partial charge in [0.1, 0.15) is 5.75 Å². The van der Waals surface area contributed by atoms with Crippen LogP contribution < -0.4 is 15.4 Å². The Hall–Kier alpha value is -2.47. The third kappa shape index (κ3) is 5.02. The minimum Gasteiger partial charge on any atom is -0.435 e. The summed E-state index contributed by atoms with van der Waals surface area (Å²) in [5.41, 5.74) is 2.52. The van der Waals surface area contributed by atoms with Gasteiger partial charge in [0.2, 0.25) is 0 Å². The molecule has 0 aliphatic carbocycles. The van der Waals surface area contributed by atoms with Gasteiger partial charge in [-0.1, -0.05) is 24.3 Å². The molecule has 2 aromatic rings. The average Bonchev–Trinajstić information content (AvgIpc) is 2.67. The lowest BCUT2D eigenvalue weighted by Crippen LogP contribution is -2.28. The van der Waals surface area contributed by atoms with Crippen LogP contribution in [0, 0.1) is 0 Å². The van der Waals surface area contributed by atoms with E-state index in [1.54, 1.807) is 12.1 Å². The van der Waals surface area contributed by atoms with Crippen LogP contribution in [0.4, 0.5) is 8.78 Å². The number of hydrogen-bond donors (Lipinski definition) is 2. The van der Waals surface area contributed by atoms with Crippen LogP contribution >= 0.6 is 0 Å². The largest absolute Gasteiger partial charge is 0.435 e. The van der Waals surface area contributed by atoms with Crippen molar-refractivity contribution in [1.29, 1.82) is 0 Å². The molecule has 4 nitrogen and oxygen atoms in total. The molecule has 1 heterocycles. The van der Waals surface area contributed by atoms with E-state index in [4.69, 9.17) is 0 Å². The molecule has 26 heavy (non-hydrogen) atoms. The van der Waals surface area contributed by atoms with Crippen LogP contribution in [0.1, 0.15) is 40.2 Å². The van der Waals surface area contributed by atoms with E-state index in [0.717, 1.165) is 19.5 Å². The topological polar surface area (TPSA) is 50.4 Å². The maximum Gasteiger partial charge on any atom is 0.387 e. The van der Waals surface area contributed by atoms with Crippen LogP contribution in [-0.4, -0.2) is 25.6 Å². The van der Waals surface area contributed by atoms with Gasteiger partial charge < -0.3 is 15.4 Å². The average molecular weight is 360 g/mol. The molecule has 1 aliphatic heterocycles. The van der Waals surface area contributed by atoms with E-state index in [1.807, 2.05) is 24.3 Å². The molecule has 3 rings (SSSR count). The Labute approximate surface area is 151 Å². The van der Waals surface area contributed by atoms with Crippen molar-refractivity contribution in [2.45, 2.75) is 31.9 Å². The summed E-state index contributed by atoms with van der Waals surface area (Å²) < 4.78 is 28.9. The fourth-order valence-electron chi connectivity index (χ4n) is 3.16. The lowest BCUT2D eigenvalue weighted by atomic mass is 9.91. The highest BCUT2D eigenvalue weighted by Crippen LogP contribution is 2.23. The molecule has 0 radical (unpaired) electrons. The highest BCUT2D eigenvalue weighted by molar-refractivity contribution is 5.94. The van der Waals surface area contributed by atoms with Gasteiger partial charge in [0.05, 0.1) is 0 Å². The first-order valence-corrected chi connectivity index (χ1v) is 8.74. The summed E-state index contributed by atoms with van der Waals surface area (Å²) in [5.74, 6) is 0.383. The molecule has 1 aliphatic rings. The molecule has 1 fully saturated rings. The number of carbonyl (C=O) groups is 1. The molecule has 1 atom stereocenters. The van der Waals surface area contributed by atoms with Crippen LogP contribution in [0.3, 0.4) is 0 Å². The second kappa shape index (κ2) is 8.76. The predicted molar refractivity (Wildman–Crippen MR) is 95.5 cm³/mol. The van der Waals surface area contributed by atoms with Gasteiger partial charge in [-0.2, -0.15) is 8.78 Å². The normalized spacial score (nSPS) is 17.1. The highest BCUT2D eigenvalue weighted by atomic mass is 19.3. The van der Waals surface area contributed by atoms with E-state index < -0.39 is 6.61 Å². The Bertz CT molecular complexity index is 729. The van der Waals surface area contributed by atoms with Crippen LogP contribution in [0.5, 0.6) is 5.75 Å². The second-order valence-electron chi connectivity index (χ2n) is 6.37. The van der Waals surface area contributed by atoms with Gasteiger partial charge in [0, 0.05) is 18.7 Å². The molecule has 0 aromatic heterocycles. The number of halogens is 2. The zero-order valence-corrected chi connectivity index (χ0v) is 14.4. The number of rotatable bonds is 6. The number of alkyl halides is 2.